The van der Waals surface area contributed by atoms with Gasteiger partial charge in [-0.25, -0.2) is 0 Å². The van der Waals surface area contributed by atoms with Crippen LogP contribution in [0.4, 0.5) is 0 Å². The Kier molecular flexibility index (Phi) is 6.84. The van der Waals surface area contributed by atoms with Gasteiger partial charge in [0.1, 0.15) is 5.75 Å². The van der Waals surface area contributed by atoms with Crippen molar-refractivity contribution >= 4 is 5.91 Å². The molecule has 0 saturated carbocycles. The van der Waals surface area contributed by atoms with Gasteiger partial charge >= 0.3 is 0 Å². The lowest BCUT2D eigenvalue weighted by Crippen LogP contribution is -2.40. The first-order valence-corrected chi connectivity index (χ1v) is 9.47. The summed E-state index contributed by atoms with van der Waals surface area (Å²) in [4.78, 5) is 12.8. The Hall–Kier alpha value is -2.29. The van der Waals surface area contributed by atoms with Gasteiger partial charge in [0.25, 0.3) is 5.91 Å². The van der Waals surface area contributed by atoms with Crippen molar-refractivity contribution in [2.75, 3.05) is 0 Å². The van der Waals surface area contributed by atoms with Crippen LogP contribution in [0.3, 0.4) is 0 Å². The van der Waals surface area contributed by atoms with Gasteiger partial charge in [-0.05, 0) is 74.9 Å². The summed E-state index contributed by atoms with van der Waals surface area (Å²) < 4.78 is 5.98. The number of ether oxygens (including phenoxy) is 1. The molecular formula is C23H31NO2. The zero-order chi connectivity index (χ0) is 19.3. The van der Waals surface area contributed by atoms with Crippen molar-refractivity contribution in [3.8, 4) is 5.75 Å². The minimum Gasteiger partial charge on any atom is -0.481 e. The molecule has 0 heterocycles. The van der Waals surface area contributed by atoms with Crippen molar-refractivity contribution in [2.24, 2.45) is 0 Å². The number of amides is 1. The molecule has 0 aromatic heterocycles. The van der Waals surface area contributed by atoms with Crippen LogP contribution in [0.1, 0.15) is 60.5 Å². The third-order valence-electron chi connectivity index (χ3n) is 4.95. The zero-order valence-electron chi connectivity index (χ0n) is 16.8. The highest BCUT2D eigenvalue weighted by molar-refractivity contribution is 5.81. The average Bonchev–Trinajstić information content (AvgIpc) is 2.60. The van der Waals surface area contributed by atoms with Gasteiger partial charge in [-0.3, -0.25) is 4.79 Å². The zero-order valence-corrected chi connectivity index (χ0v) is 16.8. The monoisotopic (exact) mass is 353 g/mol. The van der Waals surface area contributed by atoms with E-state index in [9.17, 15) is 4.79 Å². The summed E-state index contributed by atoms with van der Waals surface area (Å²) in [5.41, 5.74) is 6.00. The van der Waals surface area contributed by atoms with Crippen molar-refractivity contribution in [3.63, 3.8) is 0 Å². The molecule has 2 rings (SSSR count). The molecule has 0 aliphatic heterocycles. The van der Waals surface area contributed by atoms with E-state index in [2.05, 4.69) is 58.1 Å². The number of aryl methyl sites for hydroxylation is 4. The van der Waals surface area contributed by atoms with E-state index in [0.717, 1.165) is 12.2 Å². The van der Waals surface area contributed by atoms with Crippen LogP contribution < -0.4 is 10.1 Å². The summed E-state index contributed by atoms with van der Waals surface area (Å²) in [5.74, 6) is 0.687. The van der Waals surface area contributed by atoms with Gasteiger partial charge in [0, 0.05) is 0 Å². The first-order chi connectivity index (χ1) is 12.3. The lowest BCUT2D eigenvalue weighted by atomic mass is 9.97. The summed E-state index contributed by atoms with van der Waals surface area (Å²) in [6.45, 7) is 12.4. The molecule has 0 aliphatic carbocycles. The highest BCUT2D eigenvalue weighted by Gasteiger charge is 2.22. The van der Waals surface area contributed by atoms with Crippen LogP contribution in [-0.4, -0.2) is 12.0 Å². The van der Waals surface area contributed by atoms with Crippen molar-refractivity contribution in [1.82, 2.24) is 5.32 Å². The molecule has 0 saturated heterocycles. The second-order valence-electron chi connectivity index (χ2n) is 7.09. The standard InChI is InChI=1S/C23H31NO2/c1-7-21(20-12-9-15(3)13-18(20)6)24-23(25)22(8-2)26-19-11-10-16(4)17(5)14-19/h9-14,21-22H,7-8H2,1-6H3,(H,24,25)/t21-,22+/m1/s1. The summed E-state index contributed by atoms with van der Waals surface area (Å²) in [6.07, 6.45) is 0.981. The summed E-state index contributed by atoms with van der Waals surface area (Å²) >= 11 is 0. The molecule has 3 heteroatoms. The number of rotatable bonds is 7. The van der Waals surface area contributed by atoms with Crippen LogP contribution in [0, 0.1) is 27.7 Å². The van der Waals surface area contributed by atoms with E-state index in [1.165, 1.54) is 27.8 Å². The maximum atomic E-state index is 12.8. The van der Waals surface area contributed by atoms with Gasteiger partial charge in [-0.15, -0.1) is 0 Å². The molecule has 0 aliphatic rings. The number of carbonyl (C=O) groups is 1. The van der Waals surface area contributed by atoms with Crippen molar-refractivity contribution in [1.29, 1.82) is 0 Å². The second kappa shape index (κ2) is 8.88. The smallest absolute Gasteiger partial charge is 0.261 e. The molecule has 0 bridgehead atoms. The van der Waals surface area contributed by atoms with E-state index >= 15 is 0 Å². The van der Waals surface area contributed by atoms with Crippen LogP contribution in [-0.2, 0) is 4.79 Å². The molecule has 2 aromatic carbocycles. The maximum Gasteiger partial charge on any atom is 0.261 e. The summed E-state index contributed by atoms with van der Waals surface area (Å²) in [6, 6.07) is 12.3. The van der Waals surface area contributed by atoms with E-state index in [-0.39, 0.29) is 11.9 Å². The highest BCUT2D eigenvalue weighted by Crippen LogP contribution is 2.23. The quantitative estimate of drug-likeness (QED) is 0.729. The van der Waals surface area contributed by atoms with Crippen LogP contribution in [0.25, 0.3) is 0 Å². The van der Waals surface area contributed by atoms with Gasteiger partial charge in [0.15, 0.2) is 6.10 Å². The molecule has 0 radical (unpaired) electrons. The minimum absolute atomic E-state index is 0.000467. The molecule has 3 nitrogen and oxygen atoms in total. The molecule has 2 aromatic rings. The first kappa shape index (κ1) is 20.0. The van der Waals surface area contributed by atoms with Gasteiger partial charge < -0.3 is 10.1 Å². The Morgan fingerprint density at radius 2 is 1.65 bits per heavy atom. The Bertz CT molecular complexity index is 767. The van der Waals surface area contributed by atoms with Crippen LogP contribution in [0.5, 0.6) is 5.75 Å². The average molecular weight is 354 g/mol. The van der Waals surface area contributed by atoms with Gasteiger partial charge in [-0.2, -0.15) is 0 Å². The molecule has 2 atom stereocenters. The molecule has 0 fully saturated rings. The molecule has 1 N–H and O–H groups in total. The van der Waals surface area contributed by atoms with Crippen molar-refractivity contribution < 1.29 is 9.53 Å². The number of benzene rings is 2. The number of carbonyl (C=O) groups excluding carboxylic acids is 1. The Balaban J connectivity index is 2.12. The predicted molar refractivity (Wildman–Crippen MR) is 108 cm³/mol. The molecule has 26 heavy (non-hydrogen) atoms. The van der Waals surface area contributed by atoms with E-state index in [4.69, 9.17) is 4.74 Å². The van der Waals surface area contributed by atoms with E-state index in [1.807, 2.05) is 25.1 Å². The second-order valence-corrected chi connectivity index (χ2v) is 7.09. The highest BCUT2D eigenvalue weighted by atomic mass is 16.5. The molecule has 0 spiro atoms. The number of hydrogen-bond acceptors (Lipinski definition) is 2. The molecule has 0 unspecified atom stereocenters. The van der Waals surface area contributed by atoms with Crippen LogP contribution in [0.2, 0.25) is 0 Å². The van der Waals surface area contributed by atoms with Crippen molar-refractivity contribution in [3.05, 3.63) is 64.2 Å². The fourth-order valence-corrected chi connectivity index (χ4v) is 3.15. The Labute approximate surface area is 157 Å². The third-order valence-corrected chi connectivity index (χ3v) is 4.95. The van der Waals surface area contributed by atoms with Crippen LogP contribution >= 0.6 is 0 Å². The summed E-state index contributed by atoms with van der Waals surface area (Å²) in [5, 5.41) is 3.18. The molecule has 140 valence electrons. The number of nitrogens with one attached hydrogen (secondary N) is 1. The van der Waals surface area contributed by atoms with Crippen LogP contribution in [0.15, 0.2) is 36.4 Å². The van der Waals surface area contributed by atoms with Gasteiger partial charge in [0.2, 0.25) is 0 Å². The first-order valence-electron chi connectivity index (χ1n) is 9.47. The topological polar surface area (TPSA) is 38.3 Å². The number of hydrogen-bond donors (Lipinski definition) is 1. The third kappa shape index (κ3) is 4.87. The molecular weight excluding hydrogens is 322 g/mol. The fraction of sp³-hybridized carbons (Fsp3) is 0.435. The predicted octanol–water partition coefficient (Wildman–Crippen LogP) is 5.35. The Morgan fingerprint density at radius 1 is 0.923 bits per heavy atom. The van der Waals surface area contributed by atoms with E-state index < -0.39 is 6.10 Å². The van der Waals surface area contributed by atoms with E-state index in [0.29, 0.717) is 6.42 Å². The summed E-state index contributed by atoms with van der Waals surface area (Å²) in [7, 11) is 0. The minimum atomic E-state index is -0.489. The lowest BCUT2D eigenvalue weighted by Gasteiger charge is -2.24. The van der Waals surface area contributed by atoms with E-state index in [1.54, 1.807) is 0 Å². The normalized spacial score (nSPS) is 13.2. The van der Waals surface area contributed by atoms with Gasteiger partial charge in [0.05, 0.1) is 6.04 Å². The fourth-order valence-electron chi connectivity index (χ4n) is 3.15. The molecule has 1 amide bonds. The SMILES string of the molecule is CC[C@H](Oc1ccc(C)c(C)c1)C(=O)N[C@H](CC)c1ccc(C)cc1C. The maximum absolute atomic E-state index is 12.8. The van der Waals surface area contributed by atoms with Crippen molar-refractivity contribution in [2.45, 2.75) is 66.5 Å². The Morgan fingerprint density at radius 3 is 2.23 bits per heavy atom. The largest absolute Gasteiger partial charge is 0.481 e. The lowest BCUT2D eigenvalue weighted by molar-refractivity contribution is -0.128. The van der Waals surface area contributed by atoms with Gasteiger partial charge in [-0.1, -0.05) is 43.7 Å².